The number of carbonyl (C=O) groups excluding carboxylic acids is 1. The number of rotatable bonds is 3. The van der Waals surface area contributed by atoms with Gasteiger partial charge in [0.2, 0.25) is 0 Å². The summed E-state index contributed by atoms with van der Waals surface area (Å²) < 4.78 is 10.4. The molecule has 1 aromatic carbocycles. The van der Waals surface area contributed by atoms with E-state index < -0.39 is 6.10 Å². The fourth-order valence-electron chi connectivity index (χ4n) is 2.15. The van der Waals surface area contributed by atoms with E-state index in [0.29, 0.717) is 36.6 Å². The molecule has 0 spiro atoms. The van der Waals surface area contributed by atoms with Gasteiger partial charge >= 0.3 is 0 Å². The van der Waals surface area contributed by atoms with Crippen LogP contribution in [0.15, 0.2) is 18.2 Å². The van der Waals surface area contributed by atoms with Crippen molar-refractivity contribution in [1.29, 1.82) is 0 Å². The molecule has 1 fully saturated rings. The number of methoxy groups -OCH3 is 2. The Balaban J connectivity index is 2.34. The zero-order valence-electron chi connectivity index (χ0n) is 10.5. The third kappa shape index (κ3) is 2.26. The van der Waals surface area contributed by atoms with E-state index >= 15 is 0 Å². The highest BCUT2D eigenvalue weighted by Gasteiger charge is 2.29. The number of aliphatic hydroxyl groups excluding tert-OH is 1. The smallest absolute Gasteiger partial charge is 0.261 e. The van der Waals surface area contributed by atoms with Gasteiger partial charge in [0.1, 0.15) is 17.1 Å². The van der Waals surface area contributed by atoms with Crippen LogP contribution in [0.1, 0.15) is 16.8 Å². The second-order valence-corrected chi connectivity index (χ2v) is 4.23. The van der Waals surface area contributed by atoms with Crippen molar-refractivity contribution in [2.75, 3.05) is 27.3 Å². The van der Waals surface area contributed by atoms with Crippen molar-refractivity contribution in [1.82, 2.24) is 4.90 Å². The molecule has 0 aliphatic carbocycles. The molecule has 1 saturated heterocycles. The maximum Gasteiger partial charge on any atom is 0.261 e. The Morgan fingerprint density at radius 2 is 1.94 bits per heavy atom. The minimum atomic E-state index is -0.436. The van der Waals surface area contributed by atoms with E-state index in [2.05, 4.69) is 0 Å². The van der Waals surface area contributed by atoms with Crippen LogP contribution in [0.2, 0.25) is 0 Å². The van der Waals surface area contributed by atoms with Crippen LogP contribution in [0.3, 0.4) is 0 Å². The molecular weight excluding hydrogens is 234 g/mol. The van der Waals surface area contributed by atoms with Crippen molar-refractivity contribution >= 4 is 5.91 Å². The molecule has 1 N–H and O–H groups in total. The molecule has 98 valence electrons. The summed E-state index contributed by atoms with van der Waals surface area (Å²) in [4.78, 5) is 14.0. The van der Waals surface area contributed by atoms with E-state index in [1.165, 1.54) is 14.2 Å². The van der Waals surface area contributed by atoms with E-state index in [9.17, 15) is 9.90 Å². The Bertz CT molecular complexity index is 424. The van der Waals surface area contributed by atoms with Crippen molar-refractivity contribution in [3.63, 3.8) is 0 Å². The second-order valence-electron chi connectivity index (χ2n) is 4.23. The molecule has 5 heteroatoms. The Morgan fingerprint density at radius 3 is 2.39 bits per heavy atom. The lowest BCUT2D eigenvalue weighted by molar-refractivity contribution is 0.0758. The van der Waals surface area contributed by atoms with Crippen molar-refractivity contribution < 1.29 is 19.4 Å². The number of hydrogen-bond donors (Lipinski definition) is 1. The standard InChI is InChI=1S/C13H17NO4/c1-17-10-4-3-5-11(18-2)12(10)13(16)14-7-6-9(15)8-14/h3-5,9,15H,6-8H2,1-2H3/t9-/m1/s1. The Labute approximate surface area is 106 Å². The Kier molecular flexibility index (Phi) is 3.72. The van der Waals surface area contributed by atoms with Crippen LogP contribution in [-0.2, 0) is 0 Å². The van der Waals surface area contributed by atoms with Crippen LogP contribution in [0.25, 0.3) is 0 Å². The molecule has 0 radical (unpaired) electrons. The summed E-state index contributed by atoms with van der Waals surface area (Å²) in [6, 6.07) is 5.22. The number of hydrogen-bond acceptors (Lipinski definition) is 4. The first kappa shape index (κ1) is 12.7. The number of carbonyl (C=O) groups is 1. The highest BCUT2D eigenvalue weighted by atomic mass is 16.5. The van der Waals surface area contributed by atoms with Crippen LogP contribution >= 0.6 is 0 Å². The van der Waals surface area contributed by atoms with Crippen molar-refractivity contribution in [3.05, 3.63) is 23.8 Å². The van der Waals surface area contributed by atoms with E-state index in [4.69, 9.17) is 9.47 Å². The first-order chi connectivity index (χ1) is 8.67. The molecule has 1 aliphatic rings. The Hall–Kier alpha value is -1.75. The molecule has 0 bridgehead atoms. The summed E-state index contributed by atoms with van der Waals surface area (Å²) in [5, 5.41) is 9.49. The summed E-state index contributed by atoms with van der Waals surface area (Å²) >= 11 is 0. The molecule has 1 aromatic rings. The third-order valence-corrected chi connectivity index (χ3v) is 3.09. The number of aliphatic hydroxyl groups is 1. The van der Waals surface area contributed by atoms with Gasteiger partial charge in [-0.1, -0.05) is 6.07 Å². The lowest BCUT2D eigenvalue weighted by Crippen LogP contribution is -2.30. The largest absolute Gasteiger partial charge is 0.496 e. The lowest BCUT2D eigenvalue weighted by atomic mass is 10.1. The van der Waals surface area contributed by atoms with Gasteiger partial charge in [-0.15, -0.1) is 0 Å². The maximum absolute atomic E-state index is 12.4. The van der Waals surface area contributed by atoms with Gasteiger partial charge in [0.25, 0.3) is 5.91 Å². The third-order valence-electron chi connectivity index (χ3n) is 3.09. The highest BCUT2D eigenvalue weighted by molar-refractivity contribution is 5.99. The van der Waals surface area contributed by atoms with Gasteiger partial charge in [-0.2, -0.15) is 0 Å². The van der Waals surface area contributed by atoms with Gasteiger partial charge in [0.05, 0.1) is 20.3 Å². The number of β-amino-alcohol motifs (C(OH)–C–C–N with tert-alkyl or cyclic N) is 1. The SMILES string of the molecule is COc1cccc(OC)c1C(=O)N1CC[C@@H](O)C1. The summed E-state index contributed by atoms with van der Waals surface area (Å²) in [6.45, 7) is 0.918. The van der Waals surface area contributed by atoms with Gasteiger partial charge in [-0.05, 0) is 18.6 Å². The number of nitrogens with zero attached hydrogens (tertiary/aromatic N) is 1. The van der Waals surface area contributed by atoms with Crippen molar-refractivity contribution in [2.45, 2.75) is 12.5 Å². The zero-order valence-corrected chi connectivity index (χ0v) is 10.5. The molecule has 1 atom stereocenters. The molecule has 0 unspecified atom stereocenters. The van der Waals surface area contributed by atoms with Gasteiger partial charge in [0.15, 0.2) is 0 Å². The molecule has 0 aromatic heterocycles. The topological polar surface area (TPSA) is 59.0 Å². The van der Waals surface area contributed by atoms with Gasteiger partial charge in [0, 0.05) is 13.1 Å². The lowest BCUT2D eigenvalue weighted by Gasteiger charge is -2.19. The van der Waals surface area contributed by atoms with Crippen molar-refractivity contribution in [3.8, 4) is 11.5 Å². The summed E-state index contributed by atoms with van der Waals surface area (Å²) in [5.74, 6) is 0.808. The number of benzene rings is 1. The van der Waals surface area contributed by atoms with Gasteiger partial charge in [-0.25, -0.2) is 0 Å². The highest BCUT2D eigenvalue weighted by Crippen LogP contribution is 2.30. The molecule has 1 heterocycles. The Morgan fingerprint density at radius 1 is 1.33 bits per heavy atom. The maximum atomic E-state index is 12.4. The molecule has 18 heavy (non-hydrogen) atoms. The number of ether oxygens (including phenoxy) is 2. The fraction of sp³-hybridized carbons (Fsp3) is 0.462. The molecule has 2 rings (SSSR count). The molecule has 0 saturated carbocycles. The first-order valence-electron chi connectivity index (χ1n) is 5.85. The van der Waals surface area contributed by atoms with Gasteiger partial charge in [-0.3, -0.25) is 4.79 Å². The number of amides is 1. The monoisotopic (exact) mass is 251 g/mol. The molecule has 1 aliphatic heterocycles. The van der Waals surface area contributed by atoms with E-state index in [1.807, 2.05) is 0 Å². The van der Waals surface area contributed by atoms with Crippen LogP contribution in [0.5, 0.6) is 11.5 Å². The molecule has 5 nitrogen and oxygen atoms in total. The van der Waals surface area contributed by atoms with Crippen molar-refractivity contribution in [2.24, 2.45) is 0 Å². The minimum Gasteiger partial charge on any atom is -0.496 e. The minimum absolute atomic E-state index is 0.166. The average molecular weight is 251 g/mol. The zero-order chi connectivity index (χ0) is 13.1. The fourth-order valence-corrected chi connectivity index (χ4v) is 2.15. The summed E-state index contributed by atoms with van der Waals surface area (Å²) in [7, 11) is 3.04. The van der Waals surface area contributed by atoms with E-state index in [1.54, 1.807) is 23.1 Å². The quantitative estimate of drug-likeness (QED) is 0.867. The average Bonchev–Trinajstić information content (AvgIpc) is 2.83. The van der Waals surface area contributed by atoms with Crippen LogP contribution in [0, 0.1) is 0 Å². The predicted molar refractivity (Wildman–Crippen MR) is 66.1 cm³/mol. The summed E-state index contributed by atoms with van der Waals surface area (Å²) in [6.07, 6.45) is 0.179. The van der Waals surface area contributed by atoms with Crippen LogP contribution in [-0.4, -0.2) is 49.3 Å². The summed E-state index contributed by atoms with van der Waals surface area (Å²) in [5.41, 5.74) is 0.414. The predicted octanol–water partition coefficient (Wildman–Crippen LogP) is 0.911. The van der Waals surface area contributed by atoms with Crippen LogP contribution in [0.4, 0.5) is 0 Å². The van der Waals surface area contributed by atoms with E-state index in [-0.39, 0.29) is 5.91 Å². The second kappa shape index (κ2) is 5.27. The van der Waals surface area contributed by atoms with Gasteiger partial charge < -0.3 is 19.5 Å². The molecule has 1 amide bonds. The molecular formula is C13H17NO4. The normalized spacial score (nSPS) is 18.8. The first-order valence-corrected chi connectivity index (χ1v) is 5.85. The van der Waals surface area contributed by atoms with Crippen LogP contribution < -0.4 is 9.47 Å². The van der Waals surface area contributed by atoms with E-state index in [0.717, 1.165) is 0 Å². The number of likely N-dealkylation sites (tertiary alicyclic amines) is 1.